The number of nitrogens with zero attached hydrogens (tertiary/aromatic N) is 2. The van der Waals surface area contributed by atoms with Crippen molar-refractivity contribution >= 4 is 0 Å². The van der Waals surface area contributed by atoms with Crippen molar-refractivity contribution in [3.05, 3.63) is 47.1 Å². The van der Waals surface area contributed by atoms with E-state index in [4.69, 9.17) is 4.52 Å². The second kappa shape index (κ2) is 6.71. The molecule has 0 radical (unpaired) electrons. The predicted octanol–water partition coefficient (Wildman–Crippen LogP) is 3.18. The molecule has 0 aliphatic heterocycles. The van der Waals surface area contributed by atoms with Crippen molar-refractivity contribution in [2.75, 3.05) is 6.54 Å². The topological polar surface area (TPSA) is 51.0 Å². The van der Waals surface area contributed by atoms with Crippen molar-refractivity contribution < 1.29 is 17.7 Å². The normalized spacial score (nSPS) is 11.8. The van der Waals surface area contributed by atoms with Crippen molar-refractivity contribution in [2.45, 2.75) is 32.5 Å². The van der Waals surface area contributed by atoms with Crippen LogP contribution in [0.2, 0.25) is 0 Å². The van der Waals surface area contributed by atoms with Gasteiger partial charge in [0.15, 0.2) is 5.82 Å². The van der Waals surface area contributed by atoms with Gasteiger partial charge < -0.3 is 9.84 Å². The van der Waals surface area contributed by atoms with Gasteiger partial charge in [-0.2, -0.15) is 18.2 Å². The van der Waals surface area contributed by atoms with E-state index in [2.05, 4.69) is 15.5 Å². The average molecular weight is 299 g/mol. The Labute approximate surface area is 120 Å². The van der Waals surface area contributed by atoms with E-state index in [-0.39, 0.29) is 6.42 Å². The molecule has 0 amide bonds. The van der Waals surface area contributed by atoms with Crippen molar-refractivity contribution in [3.8, 4) is 0 Å². The van der Waals surface area contributed by atoms with Gasteiger partial charge in [-0.05, 0) is 24.6 Å². The summed E-state index contributed by atoms with van der Waals surface area (Å²) in [6.07, 6.45) is -3.14. The molecule has 1 aromatic heterocycles. The fraction of sp³-hybridized carbons (Fsp3) is 0.429. The smallest absolute Gasteiger partial charge is 0.338 e. The Hall–Kier alpha value is -1.89. The van der Waals surface area contributed by atoms with Crippen LogP contribution in [0.3, 0.4) is 0 Å². The van der Waals surface area contributed by atoms with Crippen LogP contribution in [0.1, 0.15) is 36.2 Å². The van der Waals surface area contributed by atoms with Gasteiger partial charge >= 0.3 is 6.18 Å². The zero-order chi connectivity index (χ0) is 15.3. The van der Waals surface area contributed by atoms with Gasteiger partial charge in [0, 0.05) is 6.42 Å². The van der Waals surface area contributed by atoms with Crippen LogP contribution in [-0.2, 0) is 19.1 Å². The molecular weight excluding hydrogens is 283 g/mol. The number of halogens is 3. The van der Waals surface area contributed by atoms with Gasteiger partial charge in [-0.1, -0.05) is 30.3 Å². The molecule has 1 heterocycles. The summed E-state index contributed by atoms with van der Waals surface area (Å²) in [4.78, 5) is 4.15. The number of rotatable bonds is 6. The first-order chi connectivity index (χ1) is 9.99. The summed E-state index contributed by atoms with van der Waals surface area (Å²) in [7, 11) is 0. The van der Waals surface area contributed by atoms with Crippen LogP contribution in [0.25, 0.3) is 0 Å². The largest absolute Gasteiger partial charge is 0.416 e. The van der Waals surface area contributed by atoms with Gasteiger partial charge in [0.2, 0.25) is 5.89 Å². The second-order valence-corrected chi connectivity index (χ2v) is 4.66. The van der Waals surface area contributed by atoms with Gasteiger partial charge in [0.25, 0.3) is 0 Å². The van der Waals surface area contributed by atoms with Crippen LogP contribution in [0, 0.1) is 0 Å². The molecule has 2 aromatic rings. The first kappa shape index (κ1) is 15.5. The Morgan fingerprint density at radius 3 is 2.81 bits per heavy atom. The molecule has 0 spiro atoms. The first-order valence-corrected chi connectivity index (χ1v) is 6.67. The van der Waals surface area contributed by atoms with Gasteiger partial charge in [-0.25, -0.2) is 0 Å². The molecule has 0 saturated heterocycles. The van der Waals surface area contributed by atoms with E-state index >= 15 is 0 Å². The third kappa shape index (κ3) is 4.56. The van der Waals surface area contributed by atoms with E-state index in [0.717, 1.165) is 25.1 Å². The van der Waals surface area contributed by atoms with E-state index in [1.807, 2.05) is 6.92 Å². The van der Waals surface area contributed by atoms with E-state index in [0.29, 0.717) is 23.8 Å². The number of nitrogens with one attached hydrogen (secondary N) is 1. The Morgan fingerprint density at radius 2 is 2.10 bits per heavy atom. The third-order valence-electron chi connectivity index (χ3n) is 2.83. The summed E-state index contributed by atoms with van der Waals surface area (Å²) in [5.74, 6) is 0.813. The summed E-state index contributed by atoms with van der Waals surface area (Å²) >= 11 is 0. The van der Waals surface area contributed by atoms with Crippen molar-refractivity contribution in [2.24, 2.45) is 0 Å². The molecule has 0 bridgehead atoms. The highest BCUT2D eigenvalue weighted by Crippen LogP contribution is 2.29. The molecule has 7 heteroatoms. The summed E-state index contributed by atoms with van der Waals surface area (Å²) in [5.41, 5.74) is -0.174. The average Bonchev–Trinajstić information content (AvgIpc) is 2.86. The molecule has 0 aliphatic rings. The lowest BCUT2D eigenvalue weighted by molar-refractivity contribution is -0.137. The minimum atomic E-state index is -4.34. The second-order valence-electron chi connectivity index (χ2n) is 4.66. The predicted molar refractivity (Wildman–Crippen MR) is 70.5 cm³/mol. The molecule has 1 N–H and O–H groups in total. The number of benzene rings is 1. The molecule has 0 saturated carbocycles. The van der Waals surface area contributed by atoms with Gasteiger partial charge in [-0.3, -0.25) is 0 Å². The highest BCUT2D eigenvalue weighted by molar-refractivity contribution is 5.27. The van der Waals surface area contributed by atoms with E-state index in [1.165, 1.54) is 6.07 Å². The van der Waals surface area contributed by atoms with Crippen LogP contribution in [0.4, 0.5) is 13.2 Å². The van der Waals surface area contributed by atoms with Gasteiger partial charge in [-0.15, -0.1) is 0 Å². The number of hydrogen-bond donors (Lipinski definition) is 1. The maximum Gasteiger partial charge on any atom is 0.416 e. The molecule has 2 rings (SSSR count). The molecule has 0 fully saturated rings. The van der Waals surface area contributed by atoms with Crippen LogP contribution in [0.5, 0.6) is 0 Å². The summed E-state index contributed by atoms with van der Waals surface area (Å²) in [5, 5.41) is 6.89. The minimum Gasteiger partial charge on any atom is -0.338 e. The van der Waals surface area contributed by atoms with E-state index in [1.54, 1.807) is 6.07 Å². The molecule has 0 aliphatic carbocycles. The molecule has 1 aromatic carbocycles. The quantitative estimate of drug-likeness (QED) is 0.832. The SMILES string of the molecule is CCCNCc1nc(Cc2cccc(C(F)(F)F)c2)no1. The summed E-state index contributed by atoms with van der Waals surface area (Å²) < 4.78 is 42.9. The molecule has 0 unspecified atom stereocenters. The fourth-order valence-corrected chi connectivity index (χ4v) is 1.85. The van der Waals surface area contributed by atoms with E-state index in [9.17, 15) is 13.2 Å². The Balaban J connectivity index is 2.02. The maximum atomic E-state index is 12.6. The molecule has 114 valence electrons. The minimum absolute atomic E-state index is 0.210. The van der Waals surface area contributed by atoms with Crippen LogP contribution in [-0.4, -0.2) is 16.7 Å². The Kier molecular flexibility index (Phi) is 4.95. The molecule has 0 atom stereocenters. The number of aromatic nitrogens is 2. The Bertz CT molecular complexity index is 581. The lowest BCUT2D eigenvalue weighted by Crippen LogP contribution is -2.13. The lowest BCUT2D eigenvalue weighted by atomic mass is 10.1. The number of alkyl halides is 3. The zero-order valence-electron chi connectivity index (χ0n) is 11.6. The lowest BCUT2D eigenvalue weighted by Gasteiger charge is -2.07. The van der Waals surface area contributed by atoms with Gasteiger partial charge in [0.1, 0.15) is 0 Å². The van der Waals surface area contributed by atoms with E-state index < -0.39 is 11.7 Å². The molecule has 21 heavy (non-hydrogen) atoms. The van der Waals surface area contributed by atoms with Crippen molar-refractivity contribution in [1.29, 1.82) is 0 Å². The maximum absolute atomic E-state index is 12.6. The number of hydrogen-bond acceptors (Lipinski definition) is 4. The third-order valence-corrected chi connectivity index (χ3v) is 2.83. The molecule has 4 nitrogen and oxygen atoms in total. The first-order valence-electron chi connectivity index (χ1n) is 6.67. The van der Waals surface area contributed by atoms with Crippen LogP contribution in [0.15, 0.2) is 28.8 Å². The zero-order valence-corrected chi connectivity index (χ0v) is 11.6. The van der Waals surface area contributed by atoms with Crippen molar-refractivity contribution in [1.82, 2.24) is 15.5 Å². The monoisotopic (exact) mass is 299 g/mol. The van der Waals surface area contributed by atoms with Crippen molar-refractivity contribution in [3.63, 3.8) is 0 Å². The summed E-state index contributed by atoms with van der Waals surface area (Å²) in [6, 6.07) is 5.13. The Morgan fingerprint density at radius 1 is 1.29 bits per heavy atom. The van der Waals surface area contributed by atoms with Crippen LogP contribution >= 0.6 is 0 Å². The standard InChI is InChI=1S/C14H16F3N3O/c1-2-6-18-9-13-19-12(20-21-13)8-10-4-3-5-11(7-10)14(15,16)17/h3-5,7,18H,2,6,8-9H2,1H3. The highest BCUT2D eigenvalue weighted by Gasteiger charge is 2.30. The fourth-order valence-electron chi connectivity index (χ4n) is 1.85. The van der Waals surface area contributed by atoms with Gasteiger partial charge in [0.05, 0.1) is 12.1 Å². The molecular formula is C14H16F3N3O. The highest BCUT2D eigenvalue weighted by atomic mass is 19.4. The summed E-state index contributed by atoms with van der Waals surface area (Å²) in [6.45, 7) is 3.34. The van der Waals surface area contributed by atoms with Crippen LogP contribution < -0.4 is 5.32 Å².